The predicted molar refractivity (Wildman–Crippen MR) is 136 cm³/mol. The Hall–Kier alpha value is -4.36. The van der Waals surface area contributed by atoms with Crippen molar-refractivity contribution < 1.29 is 19.4 Å². The first-order valence-corrected chi connectivity index (χ1v) is 11.4. The van der Waals surface area contributed by atoms with E-state index in [0.717, 1.165) is 35.1 Å². The minimum Gasteiger partial charge on any atom is -0.397 e. The van der Waals surface area contributed by atoms with Gasteiger partial charge in [-0.05, 0) is 65.9 Å². The highest BCUT2D eigenvalue weighted by Gasteiger charge is 2.26. The van der Waals surface area contributed by atoms with Crippen LogP contribution < -0.4 is 21.3 Å². The van der Waals surface area contributed by atoms with Crippen LogP contribution in [0.2, 0.25) is 0 Å². The third kappa shape index (κ3) is 5.59. The molecule has 2 amide bonds. The SMILES string of the molecule is Nc1ccccc1NC(=O)/C=C/c1ccc(/C=C(/C(=O)NC2CC2)c2ccc3c(c2)COO3)cc1. The van der Waals surface area contributed by atoms with Crippen LogP contribution in [0.4, 0.5) is 11.4 Å². The van der Waals surface area contributed by atoms with Crippen LogP contribution in [-0.2, 0) is 21.1 Å². The van der Waals surface area contributed by atoms with Crippen molar-refractivity contribution in [2.45, 2.75) is 25.5 Å². The Kier molecular flexibility index (Phi) is 6.32. The van der Waals surface area contributed by atoms with Crippen LogP contribution >= 0.6 is 0 Å². The normalized spacial score (nSPS) is 14.9. The monoisotopic (exact) mass is 467 g/mol. The fourth-order valence-electron chi connectivity index (χ4n) is 3.70. The summed E-state index contributed by atoms with van der Waals surface area (Å²) in [5.74, 6) is 0.300. The Morgan fingerprint density at radius 2 is 1.74 bits per heavy atom. The number of anilines is 2. The number of amides is 2. The highest BCUT2D eigenvalue weighted by Crippen LogP contribution is 2.31. The summed E-state index contributed by atoms with van der Waals surface area (Å²) in [5, 5.41) is 5.84. The van der Waals surface area contributed by atoms with E-state index in [-0.39, 0.29) is 17.9 Å². The Morgan fingerprint density at radius 3 is 2.51 bits per heavy atom. The molecule has 0 unspecified atom stereocenters. The van der Waals surface area contributed by atoms with E-state index in [1.807, 2.05) is 60.7 Å². The zero-order valence-corrected chi connectivity index (χ0v) is 19.0. The van der Waals surface area contributed by atoms with Gasteiger partial charge in [0.1, 0.15) is 6.61 Å². The van der Waals surface area contributed by atoms with Crippen LogP contribution in [0, 0.1) is 0 Å². The zero-order valence-electron chi connectivity index (χ0n) is 19.0. The maximum Gasteiger partial charge on any atom is 0.252 e. The Morgan fingerprint density at radius 1 is 0.971 bits per heavy atom. The molecule has 2 aliphatic rings. The molecule has 35 heavy (non-hydrogen) atoms. The fraction of sp³-hybridized carbons (Fsp3) is 0.143. The standard InChI is InChI=1S/C28H25N3O4/c29-24-3-1-2-4-25(24)31-27(32)14-9-18-5-7-19(8-6-18)15-23(28(33)30-22-11-12-22)20-10-13-26-21(16-20)17-34-35-26/h1-10,13-16,22H,11-12,17,29H2,(H,30,33)(H,31,32)/b14-9+,23-15+. The van der Waals surface area contributed by atoms with Gasteiger partial charge in [-0.2, -0.15) is 4.89 Å². The summed E-state index contributed by atoms with van der Waals surface area (Å²) in [6.45, 7) is 0.353. The Bertz CT molecular complexity index is 1320. The molecule has 176 valence electrons. The number of carbonyl (C=O) groups is 2. The molecule has 7 heteroatoms. The molecule has 0 saturated heterocycles. The van der Waals surface area contributed by atoms with Gasteiger partial charge in [0.25, 0.3) is 5.91 Å². The molecule has 3 aromatic carbocycles. The molecule has 1 aliphatic carbocycles. The first-order valence-electron chi connectivity index (χ1n) is 11.4. The Labute approximate surface area is 203 Å². The van der Waals surface area contributed by atoms with Crippen molar-refractivity contribution in [2.75, 3.05) is 11.1 Å². The molecule has 0 atom stereocenters. The fourth-order valence-corrected chi connectivity index (χ4v) is 3.70. The van der Waals surface area contributed by atoms with Gasteiger partial charge in [0.2, 0.25) is 5.91 Å². The summed E-state index contributed by atoms with van der Waals surface area (Å²) in [6.07, 6.45) is 7.07. The minimum atomic E-state index is -0.268. The van der Waals surface area contributed by atoms with Crippen LogP contribution in [0.3, 0.4) is 0 Å². The number of nitrogens with one attached hydrogen (secondary N) is 2. The van der Waals surface area contributed by atoms with E-state index in [1.54, 1.807) is 18.2 Å². The average molecular weight is 468 g/mol. The van der Waals surface area contributed by atoms with Crippen molar-refractivity contribution in [3.8, 4) is 5.75 Å². The van der Waals surface area contributed by atoms with Gasteiger partial charge in [-0.3, -0.25) is 9.59 Å². The van der Waals surface area contributed by atoms with Crippen molar-refractivity contribution in [2.24, 2.45) is 0 Å². The molecule has 4 N–H and O–H groups in total. The first-order chi connectivity index (χ1) is 17.0. The van der Waals surface area contributed by atoms with E-state index in [2.05, 4.69) is 10.6 Å². The largest absolute Gasteiger partial charge is 0.397 e. The van der Waals surface area contributed by atoms with Crippen molar-refractivity contribution in [1.29, 1.82) is 0 Å². The van der Waals surface area contributed by atoms with E-state index in [9.17, 15) is 9.59 Å². The highest BCUT2D eigenvalue weighted by atomic mass is 17.2. The van der Waals surface area contributed by atoms with Gasteiger partial charge in [-0.25, -0.2) is 0 Å². The lowest BCUT2D eigenvalue weighted by Crippen LogP contribution is -2.26. The first kappa shape index (κ1) is 22.4. The number of hydrogen-bond donors (Lipinski definition) is 3. The highest BCUT2D eigenvalue weighted by molar-refractivity contribution is 6.24. The van der Waals surface area contributed by atoms with Gasteiger partial charge < -0.3 is 21.3 Å². The van der Waals surface area contributed by atoms with Crippen LogP contribution in [-0.4, -0.2) is 17.9 Å². The van der Waals surface area contributed by atoms with Crippen LogP contribution in [0.5, 0.6) is 5.75 Å². The van der Waals surface area contributed by atoms with Crippen molar-refractivity contribution in [1.82, 2.24) is 5.32 Å². The molecule has 0 spiro atoms. The Balaban J connectivity index is 1.32. The maximum atomic E-state index is 13.0. The van der Waals surface area contributed by atoms with E-state index in [1.165, 1.54) is 6.08 Å². The van der Waals surface area contributed by atoms with E-state index >= 15 is 0 Å². The summed E-state index contributed by atoms with van der Waals surface area (Å²) < 4.78 is 0. The van der Waals surface area contributed by atoms with E-state index < -0.39 is 0 Å². The number of para-hydroxylation sites is 2. The average Bonchev–Trinajstić information content (AvgIpc) is 3.55. The molecule has 1 saturated carbocycles. The van der Waals surface area contributed by atoms with Crippen molar-refractivity contribution in [3.63, 3.8) is 0 Å². The van der Waals surface area contributed by atoms with Gasteiger partial charge >= 0.3 is 0 Å². The number of rotatable bonds is 7. The molecular formula is C28H25N3O4. The molecule has 1 fully saturated rings. The number of carbonyl (C=O) groups excluding carboxylic acids is 2. The smallest absolute Gasteiger partial charge is 0.252 e. The number of fused-ring (bicyclic) bond motifs is 1. The summed E-state index contributed by atoms with van der Waals surface area (Å²) in [6, 6.07) is 20.6. The number of nitrogen functional groups attached to an aromatic ring is 1. The van der Waals surface area contributed by atoms with Gasteiger partial charge in [0.05, 0.1) is 11.4 Å². The van der Waals surface area contributed by atoms with Crippen LogP contribution in [0.25, 0.3) is 17.7 Å². The molecule has 0 radical (unpaired) electrons. The lowest BCUT2D eigenvalue weighted by molar-refractivity contribution is -0.194. The molecule has 1 aliphatic heterocycles. The topological polar surface area (TPSA) is 103 Å². The summed E-state index contributed by atoms with van der Waals surface area (Å²) in [7, 11) is 0. The van der Waals surface area contributed by atoms with E-state index in [0.29, 0.717) is 29.3 Å². The zero-order chi connectivity index (χ0) is 24.2. The molecule has 0 bridgehead atoms. The third-order valence-electron chi connectivity index (χ3n) is 5.79. The molecular weight excluding hydrogens is 442 g/mol. The number of nitrogens with two attached hydrogens (primary N) is 1. The van der Waals surface area contributed by atoms with Gasteiger partial charge in [0, 0.05) is 23.3 Å². The second-order valence-electron chi connectivity index (χ2n) is 8.55. The predicted octanol–water partition coefficient (Wildman–Crippen LogP) is 4.56. The van der Waals surface area contributed by atoms with Crippen molar-refractivity contribution in [3.05, 3.63) is 95.1 Å². The van der Waals surface area contributed by atoms with Crippen molar-refractivity contribution >= 4 is 40.9 Å². The minimum absolute atomic E-state index is 0.104. The van der Waals surface area contributed by atoms with Gasteiger partial charge in [0.15, 0.2) is 5.75 Å². The molecule has 1 heterocycles. The van der Waals surface area contributed by atoms with Crippen LogP contribution in [0.1, 0.15) is 35.1 Å². The number of benzene rings is 3. The summed E-state index contributed by atoms with van der Waals surface area (Å²) in [4.78, 5) is 35.4. The van der Waals surface area contributed by atoms with E-state index in [4.69, 9.17) is 15.5 Å². The molecule has 0 aromatic heterocycles. The van der Waals surface area contributed by atoms with Gasteiger partial charge in [-0.15, -0.1) is 0 Å². The second-order valence-corrected chi connectivity index (χ2v) is 8.55. The molecule has 5 rings (SSSR count). The van der Waals surface area contributed by atoms with Gasteiger partial charge in [-0.1, -0.05) is 42.5 Å². The lowest BCUT2D eigenvalue weighted by atomic mass is 9.99. The molecule has 3 aromatic rings. The quantitative estimate of drug-likeness (QED) is 0.205. The lowest BCUT2D eigenvalue weighted by Gasteiger charge is -2.10. The second kappa shape index (κ2) is 9.87. The molecule has 7 nitrogen and oxygen atoms in total. The summed E-state index contributed by atoms with van der Waals surface area (Å²) in [5.41, 5.74) is 11.0. The maximum absolute atomic E-state index is 13.0. The number of hydrogen-bond acceptors (Lipinski definition) is 5. The summed E-state index contributed by atoms with van der Waals surface area (Å²) >= 11 is 0. The van der Waals surface area contributed by atoms with Crippen LogP contribution in [0.15, 0.2) is 72.8 Å². The third-order valence-corrected chi connectivity index (χ3v) is 5.79.